The fourth-order valence-electron chi connectivity index (χ4n) is 3.26. The molecule has 2 atom stereocenters. The summed E-state index contributed by atoms with van der Waals surface area (Å²) in [4.78, 5) is 10.5. The van der Waals surface area contributed by atoms with Gasteiger partial charge in [0.05, 0.1) is 13.2 Å². The van der Waals surface area contributed by atoms with Crippen LogP contribution in [0.3, 0.4) is 0 Å². The number of carbonyl (C=O) groups is 1. The molecule has 4 nitrogen and oxygen atoms in total. The van der Waals surface area contributed by atoms with Crippen LogP contribution in [0.25, 0.3) is 0 Å². The van der Waals surface area contributed by atoms with Gasteiger partial charge < -0.3 is 14.6 Å². The third-order valence-electron chi connectivity index (χ3n) is 4.80. The van der Waals surface area contributed by atoms with Crippen molar-refractivity contribution >= 4 is 6.29 Å². The number of hydrogen-bond acceptors (Lipinski definition) is 4. The van der Waals surface area contributed by atoms with E-state index in [9.17, 15) is 23.1 Å². The Morgan fingerprint density at radius 2 is 1.92 bits per heavy atom. The first kappa shape index (κ1) is 18.9. The van der Waals surface area contributed by atoms with E-state index in [0.717, 1.165) is 13.0 Å². The van der Waals surface area contributed by atoms with Gasteiger partial charge in [-0.1, -0.05) is 6.08 Å². The first-order valence-corrected chi connectivity index (χ1v) is 7.58. The lowest BCUT2D eigenvalue weighted by atomic mass is 9.61. The molecule has 1 saturated heterocycles. The van der Waals surface area contributed by atoms with Crippen molar-refractivity contribution in [1.29, 1.82) is 0 Å². The Hall–Kier alpha value is -1.44. The van der Waals surface area contributed by atoms with E-state index in [4.69, 9.17) is 9.47 Å². The molecule has 0 radical (unpaired) electrons. The van der Waals surface area contributed by atoms with Gasteiger partial charge in [-0.15, -0.1) is 0 Å². The molecule has 2 aliphatic rings. The van der Waals surface area contributed by atoms with Crippen LogP contribution in [0.15, 0.2) is 35.5 Å². The molecule has 1 spiro atoms. The smallest absolute Gasteiger partial charge is 0.380 e. The maximum Gasteiger partial charge on any atom is 0.397 e. The van der Waals surface area contributed by atoms with Crippen LogP contribution in [0.5, 0.6) is 0 Å². The first-order chi connectivity index (χ1) is 11.0. The molecule has 1 aliphatic heterocycles. The summed E-state index contributed by atoms with van der Waals surface area (Å²) < 4.78 is 52.5. The van der Waals surface area contributed by atoms with E-state index in [0.29, 0.717) is 11.9 Å². The van der Waals surface area contributed by atoms with Gasteiger partial charge in [0.2, 0.25) is 0 Å². The predicted molar refractivity (Wildman–Crippen MR) is 81.1 cm³/mol. The number of carbonyl (C=O) groups excluding carboxylic acids is 1. The van der Waals surface area contributed by atoms with Crippen LogP contribution in [-0.2, 0) is 14.3 Å². The number of ether oxygens (including phenoxy) is 2. The quantitative estimate of drug-likeness (QED) is 0.369. The van der Waals surface area contributed by atoms with Crippen molar-refractivity contribution in [3.63, 3.8) is 0 Å². The molecule has 0 aromatic heterocycles. The zero-order valence-corrected chi connectivity index (χ0v) is 13.8. The Morgan fingerprint density at radius 3 is 2.42 bits per heavy atom. The summed E-state index contributed by atoms with van der Waals surface area (Å²) in [6.07, 6.45) is 0.289. The summed E-state index contributed by atoms with van der Waals surface area (Å²) in [6, 6.07) is 0. The third-order valence-corrected chi connectivity index (χ3v) is 4.80. The minimum atomic E-state index is -4.70. The van der Waals surface area contributed by atoms with E-state index >= 15 is 0 Å². The molecule has 0 amide bonds. The van der Waals surface area contributed by atoms with Crippen molar-refractivity contribution in [1.82, 2.24) is 0 Å². The standard InChI is InChI=1S/C17H21F3O4/c1-12(5-7-21)4-6-16(22)13(2)10-15(23-8-9-24-15)11-14(16,3)17(18,19)20/h4-7,10,22H,8-9,11H2,1-3H3. The van der Waals surface area contributed by atoms with Crippen LogP contribution >= 0.6 is 0 Å². The molecule has 1 aliphatic carbocycles. The van der Waals surface area contributed by atoms with Crippen LogP contribution in [0.1, 0.15) is 27.2 Å². The topological polar surface area (TPSA) is 55.8 Å². The molecule has 0 aromatic rings. The zero-order valence-electron chi connectivity index (χ0n) is 13.8. The van der Waals surface area contributed by atoms with Gasteiger partial charge >= 0.3 is 6.18 Å². The van der Waals surface area contributed by atoms with Crippen molar-refractivity contribution < 1.29 is 32.5 Å². The lowest BCUT2D eigenvalue weighted by Crippen LogP contribution is -2.61. The number of aldehydes is 1. The molecule has 0 saturated carbocycles. The van der Waals surface area contributed by atoms with Crippen molar-refractivity contribution in [2.75, 3.05) is 13.2 Å². The summed E-state index contributed by atoms with van der Waals surface area (Å²) in [6.45, 7) is 4.34. The minimum absolute atomic E-state index is 0.0885. The summed E-state index contributed by atoms with van der Waals surface area (Å²) in [7, 11) is 0. The van der Waals surface area contributed by atoms with E-state index < -0.39 is 29.4 Å². The van der Waals surface area contributed by atoms with Crippen molar-refractivity contribution in [2.24, 2.45) is 5.41 Å². The van der Waals surface area contributed by atoms with Crippen LogP contribution in [0.2, 0.25) is 0 Å². The second kappa shape index (κ2) is 6.13. The molecule has 1 N–H and O–H groups in total. The molecule has 1 heterocycles. The molecule has 7 heteroatoms. The lowest BCUT2D eigenvalue weighted by molar-refractivity contribution is -0.294. The minimum Gasteiger partial charge on any atom is -0.380 e. The number of rotatable bonds is 3. The molecule has 2 unspecified atom stereocenters. The van der Waals surface area contributed by atoms with Gasteiger partial charge in [-0.25, -0.2) is 0 Å². The number of alkyl halides is 3. The van der Waals surface area contributed by atoms with Gasteiger partial charge in [-0.2, -0.15) is 13.2 Å². The molecule has 134 valence electrons. The molecule has 2 rings (SSSR count). The summed E-state index contributed by atoms with van der Waals surface area (Å²) in [5.41, 5.74) is -4.26. The van der Waals surface area contributed by atoms with Crippen molar-refractivity contribution in [3.05, 3.63) is 35.5 Å². The maximum atomic E-state index is 13.9. The SMILES string of the molecule is CC(C=CC1(O)C(C)=CC2(CC1(C)C(F)(F)F)OCCO2)=CC=O. The average Bonchev–Trinajstić information content (AvgIpc) is 2.90. The fourth-order valence-corrected chi connectivity index (χ4v) is 3.26. The van der Waals surface area contributed by atoms with Gasteiger partial charge in [0.25, 0.3) is 0 Å². The Labute approximate surface area is 138 Å². The summed E-state index contributed by atoms with van der Waals surface area (Å²) in [5, 5.41) is 11.0. The average molecular weight is 346 g/mol. The largest absolute Gasteiger partial charge is 0.397 e. The van der Waals surface area contributed by atoms with Gasteiger partial charge in [0.15, 0.2) is 5.79 Å². The Bertz CT molecular complexity index is 599. The van der Waals surface area contributed by atoms with E-state index in [1.54, 1.807) is 6.92 Å². The highest BCUT2D eigenvalue weighted by molar-refractivity contribution is 5.67. The third kappa shape index (κ3) is 2.96. The van der Waals surface area contributed by atoms with Crippen LogP contribution in [0.4, 0.5) is 13.2 Å². The van der Waals surface area contributed by atoms with E-state index in [1.165, 1.54) is 25.2 Å². The molecule has 24 heavy (non-hydrogen) atoms. The van der Waals surface area contributed by atoms with Crippen molar-refractivity contribution in [2.45, 2.75) is 44.8 Å². The Morgan fingerprint density at radius 1 is 1.33 bits per heavy atom. The number of allylic oxidation sites excluding steroid dienone is 3. The van der Waals surface area contributed by atoms with Gasteiger partial charge in [-0.3, -0.25) is 4.79 Å². The lowest BCUT2D eigenvalue weighted by Gasteiger charge is -2.51. The zero-order chi connectivity index (χ0) is 18.2. The van der Waals surface area contributed by atoms with Gasteiger partial charge in [0.1, 0.15) is 17.3 Å². The second-order valence-corrected chi connectivity index (χ2v) is 6.49. The highest BCUT2D eigenvalue weighted by Crippen LogP contribution is 2.58. The molecule has 0 aromatic carbocycles. The van der Waals surface area contributed by atoms with Crippen LogP contribution < -0.4 is 0 Å². The van der Waals surface area contributed by atoms with E-state index in [-0.39, 0.29) is 18.8 Å². The van der Waals surface area contributed by atoms with E-state index in [1.807, 2.05) is 0 Å². The number of aliphatic hydroxyl groups is 1. The molecular formula is C17H21F3O4. The van der Waals surface area contributed by atoms with Gasteiger partial charge in [-0.05, 0) is 50.1 Å². The van der Waals surface area contributed by atoms with Crippen LogP contribution in [-0.4, -0.2) is 42.2 Å². The Balaban J connectivity index is 2.57. The molecular weight excluding hydrogens is 325 g/mol. The van der Waals surface area contributed by atoms with Gasteiger partial charge in [0, 0.05) is 6.42 Å². The van der Waals surface area contributed by atoms with Crippen molar-refractivity contribution in [3.8, 4) is 0 Å². The number of halogens is 3. The van der Waals surface area contributed by atoms with Crippen LogP contribution in [0, 0.1) is 5.41 Å². The molecule has 0 bridgehead atoms. The first-order valence-electron chi connectivity index (χ1n) is 7.58. The fraction of sp³-hybridized carbons (Fsp3) is 0.588. The van der Waals surface area contributed by atoms with E-state index in [2.05, 4.69) is 0 Å². The maximum absolute atomic E-state index is 13.9. The normalized spacial score (nSPS) is 34.0. The Kier molecular flexibility index (Phi) is 4.82. The summed E-state index contributed by atoms with van der Waals surface area (Å²) in [5.74, 6) is -1.47. The monoisotopic (exact) mass is 346 g/mol. The molecule has 1 fully saturated rings. The predicted octanol–water partition coefficient (Wildman–Crippen LogP) is 3.08. The second-order valence-electron chi connectivity index (χ2n) is 6.49. The highest BCUT2D eigenvalue weighted by atomic mass is 19.4. The number of hydrogen-bond donors (Lipinski definition) is 1. The summed E-state index contributed by atoms with van der Waals surface area (Å²) >= 11 is 0. The highest BCUT2D eigenvalue weighted by Gasteiger charge is 2.68.